The van der Waals surface area contributed by atoms with E-state index >= 15 is 0 Å². The molecule has 1 aromatic carbocycles. The molecule has 0 radical (unpaired) electrons. The molecule has 1 amide bonds. The molecule has 1 aromatic heterocycles. The molecular formula is C19H24N2O3. The van der Waals surface area contributed by atoms with Crippen LogP contribution in [0.5, 0.6) is 0 Å². The third-order valence-corrected chi connectivity index (χ3v) is 3.82. The average Bonchev–Trinajstić information content (AvgIpc) is 2.54. The van der Waals surface area contributed by atoms with Crippen molar-refractivity contribution in [2.24, 2.45) is 0 Å². The average molecular weight is 328 g/mol. The van der Waals surface area contributed by atoms with Crippen molar-refractivity contribution in [2.75, 3.05) is 6.54 Å². The summed E-state index contributed by atoms with van der Waals surface area (Å²) in [5.74, 6) is -0.241. The third kappa shape index (κ3) is 4.80. The van der Waals surface area contributed by atoms with Crippen molar-refractivity contribution in [1.29, 1.82) is 0 Å². The van der Waals surface area contributed by atoms with Gasteiger partial charge in [-0.25, -0.2) is 0 Å². The molecule has 2 N–H and O–H groups in total. The Morgan fingerprint density at radius 2 is 1.83 bits per heavy atom. The lowest BCUT2D eigenvalue weighted by Gasteiger charge is -2.19. The smallest absolute Gasteiger partial charge is 0.251 e. The van der Waals surface area contributed by atoms with Gasteiger partial charge in [-0.1, -0.05) is 39.0 Å². The third-order valence-electron chi connectivity index (χ3n) is 3.82. The van der Waals surface area contributed by atoms with Crippen molar-refractivity contribution in [2.45, 2.75) is 38.8 Å². The number of nitrogens with one attached hydrogen (secondary N) is 1. The quantitative estimate of drug-likeness (QED) is 0.881. The van der Waals surface area contributed by atoms with E-state index < -0.39 is 6.10 Å². The number of nitrogens with zero attached hydrogens (tertiary/aromatic N) is 1. The summed E-state index contributed by atoms with van der Waals surface area (Å²) in [5, 5.41) is 12.7. The van der Waals surface area contributed by atoms with E-state index in [2.05, 4.69) is 26.1 Å². The summed E-state index contributed by atoms with van der Waals surface area (Å²) in [6.45, 7) is 6.57. The van der Waals surface area contributed by atoms with E-state index in [0.717, 1.165) is 5.56 Å². The molecule has 5 heteroatoms. The predicted molar refractivity (Wildman–Crippen MR) is 94.2 cm³/mol. The number of rotatable bonds is 5. The molecule has 1 atom stereocenters. The normalized spacial score (nSPS) is 12.7. The fourth-order valence-electron chi connectivity index (χ4n) is 2.34. The minimum absolute atomic E-state index is 0.0359. The first kappa shape index (κ1) is 17.9. The van der Waals surface area contributed by atoms with Crippen molar-refractivity contribution < 1.29 is 9.90 Å². The molecule has 0 unspecified atom stereocenters. The second-order valence-corrected chi connectivity index (χ2v) is 6.88. The highest BCUT2D eigenvalue weighted by Gasteiger charge is 2.15. The first-order chi connectivity index (χ1) is 11.3. The lowest BCUT2D eigenvalue weighted by atomic mass is 9.87. The Morgan fingerprint density at radius 1 is 1.17 bits per heavy atom. The summed E-state index contributed by atoms with van der Waals surface area (Å²) in [4.78, 5) is 23.7. The highest BCUT2D eigenvalue weighted by Crippen LogP contribution is 2.22. The summed E-state index contributed by atoms with van der Waals surface area (Å²) in [6.07, 6.45) is 0.779. The van der Waals surface area contributed by atoms with Gasteiger partial charge in [0.25, 0.3) is 11.5 Å². The minimum Gasteiger partial charge on any atom is -0.389 e. The van der Waals surface area contributed by atoms with Crippen molar-refractivity contribution >= 4 is 5.91 Å². The zero-order chi connectivity index (χ0) is 17.7. The molecule has 5 nitrogen and oxygen atoms in total. The lowest BCUT2D eigenvalue weighted by molar-refractivity contribution is 0.0903. The van der Waals surface area contributed by atoms with E-state index in [1.807, 2.05) is 12.1 Å². The van der Waals surface area contributed by atoms with Gasteiger partial charge < -0.3 is 15.0 Å². The van der Waals surface area contributed by atoms with Gasteiger partial charge in [0.1, 0.15) is 0 Å². The van der Waals surface area contributed by atoms with E-state index in [1.165, 1.54) is 10.6 Å². The maximum Gasteiger partial charge on any atom is 0.251 e. The van der Waals surface area contributed by atoms with Gasteiger partial charge in [0.15, 0.2) is 0 Å². The Kier molecular flexibility index (Phi) is 5.57. The number of hydrogen-bond acceptors (Lipinski definition) is 3. The van der Waals surface area contributed by atoms with E-state index in [0.29, 0.717) is 5.56 Å². The Morgan fingerprint density at radius 3 is 2.42 bits per heavy atom. The number of hydrogen-bond donors (Lipinski definition) is 2. The molecule has 0 aliphatic rings. The molecule has 1 heterocycles. The van der Waals surface area contributed by atoms with Gasteiger partial charge in [-0.05, 0) is 29.2 Å². The van der Waals surface area contributed by atoms with Crippen LogP contribution in [0.2, 0.25) is 0 Å². The second-order valence-electron chi connectivity index (χ2n) is 6.88. The zero-order valence-corrected chi connectivity index (χ0v) is 14.3. The molecule has 0 fully saturated rings. The molecule has 0 aliphatic heterocycles. The maximum absolute atomic E-state index is 12.1. The van der Waals surface area contributed by atoms with Gasteiger partial charge in [0.05, 0.1) is 12.6 Å². The number of aliphatic hydroxyl groups excluding tert-OH is 1. The largest absolute Gasteiger partial charge is 0.389 e. The minimum atomic E-state index is -0.831. The summed E-state index contributed by atoms with van der Waals surface area (Å²) < 4.78 is 1.41. The lowest BCUT2D eigenvalue weighted by Crippen LogP contribution is -2.36. The number of carbonyl (C=O) groups is 1. The first-order valence-electron chi connectivity index (χ1n) is 7.99. The molecular weight excluding hydrogens is 304 g/mol. The fraction of sp³-hybridized carbons (Fsp3) is 0.368. The van der Waals surface area contributed by atoms with Gasteiger partial charge in [-0.2, -0.15) is 0 Å². The summed E-state index contributed by atoms with van der Waals surface area (Å²) >= 11 is 0. The molecule has 128 valence electrons. The second kappa shape index (κ2) is 7.45. The molecule has 0 aliphatic carbocycles. The number of benzene rings is 1. The number of pyridine rings is 1. The Hall–Kier alpha value is -2.40. The van der Waals surface area contributed by atoms with Crippen LogP contribution < -0.4 is 10.9 Å². The SMILES string of the molecule is CC(C)(C)c1ccc(C(=O)NC[C@@H](O)Cn2ccccc2=O)cc1. The number of aromatic nitrogens is 1. The molecule has 24 heavy (non-hydrogen) atoms. The van der Waals surface area contributed by atoms with Crippen LogP contribution in [0.3, 0.4) is 0 Å². The fourth-order valence-corrected chi connectivity index (χ4v) is 2.34. The van der Waals surface area contributed by atoms with Gasteiger partial charge in [0.2, 0.25) is 0 Å². The summed E-state index contributed by atoms with van der Waals surface area (Å²) in [7, 11) is 0. The molecule has 0 spiro atoms. The van der Waals surface area contributed by atoms with Crippen molar-refractivity contribution in [3.8, 4) is 0 Å². The number of aliphatic hydroxyl groups is 1. The van der Waals surface area contributed by atoms with E-state index in [-0.39, 0.29) is 30.0 Å². The zero-order valence-electron chi connectivity index (χ0n) is 14.3. The first-order valence-corrected chi connectivity index (χ1v) is 7.99. The summed E-state index contributed by atoms with van der Waals surface area (Å²) in [5.41, 5.74) is 1.56. The number of carbonyl (C=O) groups excluding carboxylic acids is 1. The van der Waals surface area contributed by atoms with E-state index in [9.17, 15) is 14.7 Å². The topological polar surface area (TPSA) is 71.3 Å². The maximum atomic E-state index is 12.1. The number of amides is 1. The Labute approximate surface area is 142 Å². The van der Waals surface area contributed by atoms with Crippen LogP contribution in [0.4, 0.5) is 0 Å². The Bertz CT molecular complexity index is 742. The van der Waals surface area contributed by atoms with Crippen molar-refractivity contribution in [3.63, 3.8) is 0 Å². The van der Waals surface area contributed by atoms with E-state index in [4.69, 9.17) is 0 Å². The van der Waals surface area contributed by atoms with Gasteiger partial charge in [0, 0.05) is 24.4 Å². The molecule has 2 aromatic rings. The highest BCUT2D eigenvalue weighted by molar-refractivity contribution is 5.94. The molecule has 0 saturated carbocycles. The van der Waals surface area contributed by atoms with Crippen LogP contribution in [0, 0.1) is 0 Å². The van der Waals surface area contributed by atoms with Crippen LogP contribution in [0.15, 0.2) is 53.5 Å². The van der Waals surface area contributed by atoms with E-state index in [1.54, 1.807) is 30.5 Å². The molecule has 2 rings (SSSR count). The predicted octanol–water partition coefficient (Wildman–Crippen LogP) is 1.94. The summed E-state index contributed by atoms with van der Waals surface area (Å²) in [6, 6.07) is 12.2. The van der Waals surface area contributed by atoms with Crippen LogP contribution in [-0.4, -0.2) is 28.2 Å². The van der Waals surface area contributed by atoms with Gasteiger partial charge in [-0.3, -0.25) is 9.59 Å². The standard InChI is InChI=1S/C19H24N2O3/c1-19(2,3)15-9-7-14(8-10-15)18(24)20-12-16(22)13-21-11-5-4-6-17(21)23/h4-11,16,22H,12-13H2,1-3H3,(H,20,24)/t16-/m1/s1. The van der Waals surface area contributed by atoms with Crippen LogP contribution in [-0.2, 0) is 12.0 Å². The van der Waals surface area contributed by atoms with Crippen molar-refractivity contribution in [1.82, 2.24) is 9.88 Å². The highest BCUT2D eigenvalue weighted by atomic mass is 16.3. The molecule has 0 saturated heterocycles. The van der Waals surface area contributed by atoms with Crippen LogP contribution in [0.1, 0.15) is 36.7 Å². The van der Waals surface area contributed by atoms with Crippen LogP contribution in [0.25, 0.3) is 0 Å². The molecule has 0 bridgehead atoms. The Balaban J connectivity index is 1.91. The van der Waals surface area contributed by atoms with Gasteiger partial charge >= 0.3 is 0 Å². The van der Waals surface area contributed by atoms with Crippen LogP contribution >= 0.6 is 0 Å². The monoisotopic (exact) mass is 328 g/mol. The van der Waals surface area contributed by atoms with Gasteiger partial charge in [-0.15, -0.1) is 0 Å². The van der Waals surface area contributed by atoms with Crippen molar-refractivity contribution in [3.05, 3.63) is 70.1 Å².